The zero-order valence-corrected chi connectivity index (χ0v) is 13.4. The molecule has 0 aromatic heterocycles. The van der Waals surface area contributed by atoms with Crippen molar-refractivity contribution in [2.24, 2.45) is 0 Å². The number of anilines is 1. The highest BCUT2D eigenvalue weighted by molar-refractivity contribution is 8.00. The maximum absolute atomic E-state index is 12.8. The van der Waals surface area contributed by atoms with Crippen LogP contribution in [0.25, 0.3) is 0 Å². The number of rotatable bonds is 5. The molecule has 3 aromatic carbocycles. The van der Waals surface area contributed by atoms with Crippen molar-refractivity contribution in [3.8, 4) is 0 Å². The van der Waals surface area contributed by atoms with Gasteiger partial charge in [0.25, 0.3) is 0 Å². The van der Waals surface area contributed by atoms with Crippen LogP contribution >= 0.6 is 11.8 Å². The predicted octanol–water partition coefficient (Wildman–Crippen LogP) is 5.16. The van der Waals surface area contributed by atoms with Crippen LogP contribution in [0, 0.1) is 0 Å². The van der Waals surface area contributed by atoms with Crippen molar-refractivity contribution >= 4 is 23.4 Å². The fourth-order valence-electron chi connectivity index (χ4n) is 2.27. The molecule has 0 saturated heterocycles. The minimum absolute atomic E-state index is 0.0174. The smallest absolute Gasteiger partial charge is 0.242 e. The molecule has 3 rings (SSSR count). The van der Waals surface area contributed by atoms with E-state index in [0.717, 1.165) is 16.1 Å². The first-order valence-corrected chi connectivity index (χ1v) is 8.33. The van der Waals surface area contributed by atoms with Gasteiger partial charge in [0, 0.05) is 10.6 Å². The Balaban J connectivity index is 1.84. The highest BCUT2D eigenvalue weighted by Crippen LogP contribution is 2.36. The monoisotopic (exact) mass is 319 g/mol. The second-order valence-corrected chi connectivity index (χ2v) is 6.26. The van der Waals surface area contributed by atoms with E-state index in [1.807, 2.05) is 91.0 Å². The van der Waals surface area contributed by atoms with Gasteiger partial charge in [-0.1, -0.05) is 66.7 Å². The minimum Gasteiger partial charge on any atom is -0.325 e. The third kappa shape index (κ3) is 4.24. The van der Waals surface area contributed by atoms with Crippen LogP contribution in [-0.2, 0) is 4.79 Å². The van der Waals surface area contributed by atoms with Gasteiger partial charge < -0.3 is 5.32 Å². The predicted molar refractivity (Wildman–Crippen MR) is 96.6 cm³/mol. The number of thioether (sulfide) groups is 1. The van der Waals surface area contributed by atoms with Crippen molar-refractivity contribution in [2.75, 3.05) is 5.32 Å². The number of hydrogen-bond acceptors (Lipinski definition) is 2. The summed E-state index contributed by atoms with van der Waals surface area (Å²) in [6.45, 7) is 0. The SMILES string of the molecule is O=C(Nc1ccccc1)[C@@H](Sc1ccccc1)c1ccccc1. The summed E-state index contributed by atoms with van der Waals surface area (Å²) in [6, 6.07) is 29.4. The summed E-state index contributed by atoms with van der Waals surface area (Å²) in [6.07, 6.45) is 0. The molecule has 0 fully saturated rings. The Hall–Kier alpha value is -2.52. The number of amides is 1. The van der Waals surface area contributed by atoms with Gasteiger partial charge in [0.1, 0.15) is 5.25 Å². The number of hydrogen-bond donors (Lipinski definition) is 1. The number of carbonyl (C=O) groups is 1. The standard InChI is InChI=1S/C20H17NOS/c22-20(21-17-12-6-2-7-13-17)19(16-10-4-1-5-11-16)23-18-14-8-3-9-15-18/h1-15,19H,(H,21,22)/t19-/m0/s1. The Bertz CT molecular complexity index is 744. The molecule has 0 aliphatic heterocycles. The Kier molecular flexibility index (Phi) is 5.12. The first kappa shape index (κ1) is 15.4. The molecular weight excluding hydrogens is 302 g/mol. The molecule has 0 radical (unpaired) electrons. The van der Waals surface area contributed by atoms with E-state index in [9.17, 15) is 4.79 Å². The van der Waals surface area contributed by atoms with Gasteiger partial charge >= 0.3 is 0 Å². The minimum atomic E-state index is -0.293. The first-order chi connectivity index (χ1) is 11.3. The van der Waals surface area contributed by atoms with Gasteiger partial charge in [-0.2, -0.15) is 0 Å². The molecule has 0 aliphatic carbocycles. The van der Waals surface area contributed by atoms with Crippen LogP contribution in [0.2, 0.25) is 0 Å². The maximum Gasteiger partial charge on any atom is 0.242 e. The topological polar surface area (TPSA) is 29.1 Å². The zero-order valence-electron chi connectivity index (χ0n) is 12.6. The molecule has 3 aromatic rings. The zero-order chi connectivity index (χ0) is 15.9. The normalized spacial score (nSPS) is 11.7. The second-order valence-electron chi connectivity index (χ2n) is 5.08. The summed E-state index contributed by atoms with van der Waals surface area (Å²) in [4.78, 5) is 13.9. The van der Waals surface area contributed by atoms with Crippen LogP contribution in [0.4, 0.5) is 5.69 Å². The quantitative estimate of drug-likeness (QED) is 0.658. The van der Waals surface area contributed by atoms with Crippen LogP contribution < -0.4 is 5.32 Å². The van der Waals surface area contributed by atoms with Crippen molar-refractivity contribution < 1.29 is 4.79 Å². The van der Waals surface area contributed by atoms with Gasteiger partial charge in [0.15, 0.2) is 0 Å². The second kappa shape index (κ2) is 7.65. The Morgan fingerprint density at radius 3 is 1.87 bits per heavy atom. The van der Waals surface area contributed by atoms with E-state index in [-0.39, 0.29) is 11.2 Å². The van der Waals surface area contributed by atoms with Gasteiger partial charge in [0.05, 0.1) is 0 Å². The summed E-state index contributed by atoms with van der Waals surface area (Å²) in [5.74, 6) is -0.0174. The van der Waals surface area contributed by atoms with Gasteiger partial charge in [0.2, 0.25) is 5.91 Å². The van der Waals surface area contributed by atoms with E-state index in [1.165, 1.54) is 0 Å². The molecular formula is C20H17NOS. The lowest BCUT2D eigenvalue weighted by Crippen LogP contribution is -2.18. The summed E-state index contributed by atoms with van der Waals surface area (Å²) in [5.41, 5.74) is 1.81. The maximum atomic E-state index is 12.8. The van der Waals surface area contributed by atoms with Gasteiger partial charge in [-0.15, -0.1) is 11.8 Å². The Labute approximate surface area is 140 Å². The summed E-state index contributed by atoms with van der Waals surface area (Å²) in [5, 5.41) is 2.71. The van der Waals surface area contributed by atoms with Crippen molar-refractivity contribution in [3.63, 3.8) is 0 Å². The molecule has 1 atom stereocenters. The third-order valence-electron chi connectivity index (χ3n) is 3.38. The van der Waals surface area contributed by atoms with E-state index in [1.54, 1.807) is 11.8 Å². The summed E-state index contributed by atoms with van der Waals surface area (Å²) >= 11 is 1.56. The molecule has 0 spiro atoms. The van der Waals surface area contributed by atoms with Crippen molar-refractivity contribution in [3.05, 3.63) is 96.6 Å². The lowest BCUT2D eigenvalue weighted by atomic mass is 10.1. The van der Waals surface area contributed by atoms with Crippen LogP contribution in [0.15, 0.2) is 95.9 Å². The Morgan fingerprint density at radius 2 is 1.26 bits per heavy atom. The average molecular weight is 319 g/mol. The van der Waals surface area contributed by atoms with E-state index in [4.69, 9.17) is 0 Å². The molecule has 1 amide bonds. The highest BCUT2D eigenvalue weighted by atomic mass is 32.2. The lowest BCUT2D eigenvalue weighted by molar-refractivity contribution is -0.115. The van der Waals surface area contributed by atoms with E-state index >= 15 is 0 Å². The number of para-hydroxylation sites is 1. The van der Waals surface area contributed by atoms with Crippen LogP contribution in [0.3, 0.4) is 0 Å². The molecule has 0 heterocycles. The molecule has 3 heteroatoms. The van der Waals surface area contributed by atoms with Crippen LogP contribution in [0.1, 0.15) is 10.8 Å². The largest absolute Gasteiger partial charge is 0.325 e. The van der Waals surface area contributed by atoms with Crippen molar-refractivity contribution in [2.45, 2.75) is 10.1 Å². The summed E-state index contributed by atoms with van der Waals surface area (Å²) in [7, 11) is 0. The molecule has 114 valence electrons. The lowest BCUT2D eigenvalue weighted by Gasteiger charge is -2.17. The first-order valence-electron chi connectivity index (χ1n) is 7.45. The average Bonchev–Trinajstić information content (AvgIpc) is 2.62. The van der Waals surface area contributed by atoms with E-state index in [0.29, 0.717) is 0 Å². The van der Waals surface area contributed by atoms with Crippen molar-refractivity contribution in [1.29, 1.82) is 0 Å². The third-order valence-corrected chi connectivity index (χ3v) is 4.65. The molecule has 0 unspecified atom stereocenters. The van der Waals surface area contributed by atoms with Crippen molar-refractivity contribution in [1.82, 2.24) is 0 Å². The number of benzene rings is 3. The highest BCUT2D eigenvalue weighted by Gasteiger charge is 2.21. The Morgan fingerprint density at radius 1 is 0.739 bits per heavy atom. The molecule has 0 aliphatic rings. The summed E-state index contributed by atoms with van der Waals surface area (Å²) < 4.78 is 0. The molecule has 23 heavy (non-hydrogen) atoms. The molecule has 0 bridgehead atoms. The van der Waals surface area contributed by atoms with Gasteiger partial charge in [-0.05, 0) is 29.8 Å². The molecule has 1 N–H and O–H groups in total. The fourth-order valence-corrected chi connectivity index (χ4v) is 3.31. The van der Waals surface area contributed by atoms with Gasteiger partial charge in [-0.3, -0.25) is 4.79 Å². The van der Waals surface area contributed by atoms with Crippen LogP contribution in [0.5, 0.6) is 0 Å². The number of nitrogens with one attached hydrogen (secondary N) is 1. The fraction of sp³-hybridized carbons (Fsp3) is 0.0500. The number of carbonyl (C=O) groups excluding carboxylic acids is 1. The van der Waals surface area contributed by atoms with Crippen LogP contribution in [-0.4, -0.2) is 5.91 Å². The van der Waals surface area contributed by atoms with Gasteiger partial charge in [-0.25, -0.2) is 0 Å². The van der Waals surface area contributed by atoms with E-state index in [2.05, 4.69) is 5.32 Å². The van der Waals surface area contributed by atoms with E-state index < -0.39 is 0 Å². The molecule has 0 saturated carbocycles. The molecule has 2 nitrogen and oxygen atoms in total.